The molecule has 6 heteroatoms. The Morgan fingerprint density at radius 1 is 1.43 bits per heavy atom. The quantitative estimate of drug-likeness (QED) is 0.899. The molecule has 124 valence electrons. The summed E-state index contributed by atoms with van der Waals surface area (Å²) in [4.78, 5) is 14.2. The highest BCUT2D eigenvalue weighted by Crippen LogP contribution is 2.38. The van der Waals surface area contributed by atoms with Crippen LogP contribution in [0.5, 0.6) is 0 Å². The number of halogens is 1. The Hall–Kier alpha value is -1.95. The van der Waals surface area contributed by atoms with Gasteiger partial charge in [0.25, 0.3) is 0 Å². The number of nitrogens with one attached hydrogen (secondary N) is 2. The average Bonchev–Trinajstić information content (AvgIpc) is 2.53. The summed E-state index contributed by atoms with van der Waals surface area (Å²) < 4.78 is 18.7. The van der Waals surface area contributed by atoms with Crippen LogP contribution in [0.15, 0.2) is 30.3 Å². The van der Waals surface area contributed by atoms with E-state index in [1.165, 1.54) is 4.90 Å². The lowest BCUT2D eigenvalue weighted by Crippen LogP contribution is -2.62. The van der Waals surface area contributed by atoms with Crippen molar-refractivity contribution in [3.8, 4) is 0 Å². The highest BCUT2D eigenvalue weighted by molar-refractivity contribution is 5.97. The van der Waals surface area contributed by atoms with Crippen molar-refractivity contribution in [1.29, 1.82) is 5.41 Å². The predicted octanol–water partition coefficient (Wildman–Crippen LogP) is 3.03. The van der Waals surface area contributed by atoms with Gasteiger partial charge in [-0.05, 0) is 12.0 Å². The number of carbonyl (C=O) groups excluding carboxylic acids is 1. The first-order valence-electron chi connectivity index (χ1n) is 8.00. The van der Waals surface area contributed by atoms with Crippen LogP contribution in [0, 0.1) is 5.41 Å². The zero-order valence-electron chi connectivity index (χ0n) is 13.2. The molecule has 0 spiro atoms. The van der Waals surface area contributed by atoms with Gasteiger partial charge in [0.1, 0.15) is 18.6 Å². The molecule has 2 N–H and O–H groups in total. The molecule has 1 saturated heterocycles. The summed E-state index contributed by atoms with van der Waals surface area (Å²) in [6.45, 7) is 2.41. The number of amidine groups is 1. The van der Waals surface area contributed by atoms with Crippen LogP contribution in [0.4, 0.5) is 9.18 Å². The molecule has 1 aliphatic heterocycles. The van der Waals surface area contributed by atoms with Gasteiger partial charge in [-0.2, -0.15) is 0 Å². The van der Waals surface area contributed by atoms with Crippen LogP contribution >= 0.6 is 0 Å². The number of carbonyl (C=O) groups is 1. The summed E-state index contributed by atoms with van der Waals surface area (Å²) in [5, 5.41) is 11.1. The van der Waals surface area contributed by atoms with Gasteiger partial charge in [0.15, 0.2) is 0 Å². The number of hydrogen-bond acceptors (Lipinski definition) is 3. The molecule has 2 fully saturated rings. The van der Waals surface area contributed by atoms with Gasteiger partial charge in [-0.25, -0.2) is 9.18 Å². The van der Waals surface area contributed by atoms with Crippen molar-refractivity contribution >= 4 is 11.9 Å². The number of nitrogens with zero attached hydrogens (tertiary/aromatic N) is 1. The topological polar surface area (TPSA) is 65.4 Å². The van der Waals surface area contributed by atoms with Gasteiger partial charge in [0.2, 0.25) is 0 Å². The summed E-state index contributed by atoms with van der Waals surface area (Å²) >= 11 is 0. The third kappa shape index (κ3) is 3.08. The number of rotatable bonds is 3. The predicted molar refractivity (Wildman–Crippen MR) is 85.3 cm³/mol. The number of amides is 2. The van der Waals surface area contributed by atoms with E-state index in [0.717, 1.165) is 5.56 Å². The number of ether oxygens (including phenoxy) is 1. The van der Waals surface area contributed by atoms with Gasteiger partial charge in [-0.3, -0.25) is 10.3 Å². The lowest BCUT2D eigenvalue weighted by atomic mass is 9.73. The Kier molecular flexibility index (Phi) is 4.35. The maximum atomic E-state index is 13.3. The maximum Gasteiger partial charge on any atom is 0.323 e. The fourth-order valence-electron chi connectivity index (χ4n) is 3.34. The minimum absolute atomic E-state index is 0.113. The normalized spacial score (nSPS) is 30.7. The molecule has 2 amide bonds. The van der Waals surface area contributed by atoms with E-state index < -0.39 is 11.7 Å². The van der Waals surface area contributed by atoms with Crippen LogP contribution in [0.3, 0.4) is 0 Å². The van der Waals surface area contributed by atoms with Crippen LogP contribution in [-0.2, 0) is 4.74 Å². The second-order valence-electron chi connectivity index (χ2n) is 6.33. The van der Waals surface area contributed by atoms with Crippen molar-refractivity contribution in [2.45, 2.75) is 43.9 Å². The fourth-order valence-corrected chi connectivity index (χ4v) is 3.34. The fraction of sp³-hybridized carbons (Fsp3) is 0.529. The minimum atomic E-state index is -0.843. The van der Waals surface area contributed by atoms with E-state index in [-0.39, 0.29) is 24.5 Å². The average molecular weight is 319 g/mol. The zero-order chi connectivity index (χ0) is 16.4. The summed E-state index contributed by atoms with van der Waals surface area (Å²) in [5.41, 5.74) is 0.450. The smallest absolute Gasteiger partial charge is 0.323 e. The highest BCUT2D eigenvalue weighted by Gasteiger charge is 2.46. The van der Waals surface area contributed by atoms with Crippen LogP contribution in [0.25, 0.3) is 0 Å². The molecule has 0 radical (unpaired) electrons. The minimum Gasteiger partial charge on any atom is -0.371 e. The third-order valence-corrected chi connectivity index (χ3v) is 4.79. The van der Waals surface area contributed by atoms with E-state index in [9.17, 15) is 9.18 Å². The number of morpholine rings is 1. The highest BCUT2D eigenvalue weighted by atomic mass is 19.1. The van der Waals surface area contributed by atoms with Crippen molar-refractivity contribution < 1.29 is 13.9 Å². The standard InChI is InChI=1S/C17H22FN3O2/c1-2-17(8-13(18)9-17)20-16(22)21-14(10-23-11-15(21)19)12-6-4-3-5-7-12/h3-7,13-14,19H,2,8-11H2,1H3,(H,20,22). The van der Waals surface area contributed by atoms with Crippen LogP contribution in [0.1, 0.15) is 37.8 Å². The molecule has 1 aliphatic carbocycles. The zero-order valence-corrected chi connectivity index (χ0v) is 13.2. The molecule has 1 aromatic rings. The molecule has 0 aromatic heterocycles. The van der Waals surface area contributed by atoms with Crippen molar-refractivity contribution in [3.05, 3.63) is 35.9 Å². The van der Waals surface area contributed by atoms with E-state index in [2.05, 4.69) is 5.32 Å². The largest absolute Gasteiger partial charge is 0.371 e. The lowest BCUT2D eigenvalue weighted by molar-refractivity contribution is 0.0524. The van der Waals surface area contributed by atoms with Crippen molar-refractivity contribution in [3.63, 3.8) is 0 Å². The molecule has 1 heterocycles. The number of benzene rings is 1. The van der Waals surface area contributed by atoms with E-state index in [1.807, 2.05) is 37.3 Å². The molecule has 3 rings (SSSR count). The van der Waals surface area contributed by atoms with Gasteiger partial charge in [0, 0.05) is 18.4 Å². The number of hydrogen-bond donors (Lipinski definition) is 2. The van der Waals surface area contributed by atoms with Crippen LogP contribution in [-0.4, -0.2) is 41.7 Å². The Morgan fingerprint density at radius 2 is 2.13 bits per heavy atom. The van der Waals surface area contributed by atoms with Gasteiger partial charge in [-0.15, -0.1) is 0 Å². The lowest BCUT2D eigenvalue weighted by Gasteiger charge is -2.46. The maximum absolute atomic E-state index is 13.3. The molecule has 0 bridgehead atoms. The van der Waals surface area contributed by atoms with E-state index in [4.69, 9.17) is 10.1 Å². The summed E-state index contributed by atoms with van der Waals surface area (Å²) in [6, 6.07) is 8.89. The first kappa shape index (κ1) is 15.9. The summed E-state index contributed by atoms with van der Waals surface area (Å²) in [5.74, 6) is 0.130. The second kappa shape index (κ2) is 6.28. The Balaban J connectivity index is 1.79. The molecule has 1 saturated carbocycles. The van der Waals surface area contributed by atoms with Crippen LogP contribution in [0.2, 0.25) is 0 Å². The van der Waals surface area contributed by atoms with E-state index in [0.29, 0.717) is 25.9 Å². The second-order valence-corrected chi connectivity index (χ2v) is 6.33. The van der Waals surface area contributed by atoms with Crippen molar-refractivity contribution in [2.75, 3.05) is 13.2 Å². The summed E-state index contributed by atoms with van der Waals surface area (Å²) in [6.07, 6.45) is 0.544. The molecule has 5 nitrogen and oxygen atoms in total. The third-order valence-electron chi connectivity index (χ3n) is 4.79. The van der Waals surface area contributed by atoms with Gasteiger partial charge >= 0.3 is 6.03 Å². The Labute approximate surface area is 135 Å². The van der Waals surface area contributed by atoms with E-state index >= 15 is 0 Å². The monoisotopic (exact) mass is 319 g/mol. The number of urea groups is 1. The number of alkyl halides is 1. The first-order valence-corrected chi connectivity index (χ1v) is 8.00. The molecular formula is C17H22FN3O2. The van der Waals surface area contributed by atoms with Gasteiger partial charge in [-0.1, -0.05) is 37.3 Å². The van der Waals surface area contributed by atoms with Crippen molar-refractivity contribution in [2.24, 2.45) is 0 Å². The van der Waals surface area contributed by atoms with Crippen molar-refractivity contribution in [1.82, 2.24) is 10.2 Å². The van der Waals surface area contributed by atoms with Gasteiger partial charge < -0.3 is 10.1 Å². The molecule has 1 aromatic carbocycles. The first-order chi connectivity index (χ1) is 11.0. The summed E-state index contributed by atoms with van der Waals surface area (Å²) in [7, 11) is 0. The Bertz CT molecular complexity index is 587. The SMILES string of the molecule is CCC1(NC(=O)N2C(=N)COCC2c2ccccc2)CC(F)C1. The molecule has 23 heavy (non-hydrogen) atoms. The van der Waals surface area contributed by atoms with E-state index in [1.54, 1.807) is 0 Å². The van der Waals surface area contributed by atoms with Gasteiger partial charge in [0.05, 0.1) is 12.6 Å². The molecule has 1 unspecified atom stereocenters. The Morgan fingerprint density at radius 3 is 2.74 bits per heavy atom. The molecule has 1 atom stereocenters. The van der Waals surface area contributed by atoms with Crippen LogP contribution < -0.4 is 5.32 Å². The molecular weight excluding hydrogens is 297 g/mol. The molecule has 2 aliphatic rings.